The molecule has 7 nitrogen and oxygen atoms in total. The Labute approximate surface area is 154 Å². The number of anilines is 2. The molecule has 1 N–H and O–H groups in total. The molecule has 1 aromatic carbocycles. The van der Waals surface area contributed by atoms with Crippen molar-refractivity contribution in [3.05, 3.63) is 42.4 Å². The maximum atomic E-state index is 12.0. The van der Waals surface area contributed by atoms with Crippen LogP contribution in [0.1, 0.15) is 24.3 Å². The minimum absolute atomic E-state index is 0.0760. The zero-order valence-corrected chi connectivity index (χ0v) is 15.5. The number of methoxy groups -OCH3 is 1. The Morgan fingerprint density at radius 1 is 1.08 bits per heavy atom. The Morgan fingerprint density at radius 3 is 2.38 bits per heavy atom. The van der Waals surface area contributed by atoms with Gasteiger partial charge in [-0.1, -0.05) is 12.1 Å². The highest BCUT2D eigenvalue weighted by Gasteiger charge is 2.21. The van der Waals surface area contributed by atoms with Crippen LogP contribution in [-0.4, -0.2) is 55.2 Å². The summed E-state index contributed by atoms with van der Waals surface area (Å²) in [5, 5.41) is 2.82. The van der Waals surface area contributed by atoms with Gasteiger partial charge in [0.1, 0.15) is 17.3 Å². The molecule has 138 valence electrons. The predicted molar refractivity (Wildman–Crippen MR) is 102 cm³/mol. The van der Waals surface area contributed by atoms with Crippen molar-refractivity contribution in [2.45, 2.75) is 19.9 Å². The van der Waals surface area contributed by atoms with Gasteiger partial charge in [0.2, 0.25) is 0 Å². The van der Waals surface area contributed by atoms with E-state index >= 15 is 0 Å². The number of nitrogens with zero attached hydrogens (tertiary/aromatic N) is 4. The number of aromatic nitrogens is 2. The third kappa shape index (κ3) is 4.04. The fraction of sp³-hybridized carbons (Fsp3) is 0.421. The van der Waals surface area contributed by atoms with Crippen LogP contribution >= 0.6 is 0 Å². The molecule has 7 heteroatoms. The van der Waals surface area contributed by atoms with Crippen molar-refractivity contribution in [2.24, 2.45) is 0 Å². The summed E-state index contributed by atoms with van der Waals surface area (Å²) in [5.74, 6) is 1.49. The maximum Gasteiger partial charge on any atom is 0.271 e. The smallest absolute Gasteiger partial charge is 0.271 e. The number of piperazine rings is 1. The molecule has 0 spiro atoms. The molecule has 0 atom stereocenters. The standard InChI is InChI=1S/C19H25N5O2/c1-14(2)22-19(25)15-12-21-18(13-20-15)24-10-8-23(9-11-24)16-6-4-5-7-17(16)26-3/h4-7,12-14H,8-11H2,1-3H3,(H,22,25). The molecule has 3 rings (SSSR count). The Bertz CT molecular complexity index is 740. The molecule has 1 fully saturated rings. The molecular weight excluding hydrogens is 330 g/mol. The summed E-state index contributed by atoms with van der Waals surface area (Å²) >= 11 is 0. The fourth-order valence-electron chi connectivity index (χ4n) is 3.01. The van der Waals surface area contributed by atoms with E-state index in [2.05, 4.69) is 31.2 Å². The first-order valence-corrected chi connectivity index (χ1v) is 8.84. The van der Waals surface area contributed by atoms with Gasteiger partial charge in [0.25, 0.3) is 5.91 Å². The largest absolute Gasteiger partial charge is 0.495 e. The average molecular weight is 355 g/mol. The molecule has 1 aliphatic heterocycles. The van der Waals surface area contributed by atoms with Crippen LogP contribution in [0.25, 0.3) is 0 Å². The van der Waals surface area contributed by atoms with Crippen LogP contribution in [0.3, 0.4) is 0 Å². The van der Waals surface area contributed by atoms with Crippen LogP contribution in [0.2, 0.25) is 0 Å². The van der Waals surface area contributed by atoms with Gasteiger partial charge >= 0.3 is 0 Å². The van der Waals surface area contributed by atoms with E-state index in [-0.39, 0.29) is 11.9 Å². The van der Waals surface area contributed by atoms with Crippen molar-refractivity contribution in [1.29, 1.82) is 0 Å². The summed E-state index contributed by atoms with van der Waals surface area (Å²) in [6.07, 6.45) is 3.22. The molecular formula is C19H25N5O2. The van der Waals surface area contributed by atoms with Gasteiger partial charge in [0.15, 0.2) is 0 Å². The van der Waals surface area contributed by atoms with Gasteiger partial charge in [-0.2, -0.15) is 0 Å². The summed E-state index contributed by atoms with van der Waals surface area (Å²) < 4.78 is 5.46. The van der Waals surface area contributed by atoms with E-state index in [0.717, 1.165) is 43.4 Å². The van der Waals surface area contributed by atoms with Crippen molar-refractivity contribution in [2.75, 3.05) is 43.1 Å². The number of carbonyl (C=O) groups excluding carboxylic acids is 1. The second-order valence-corrected chi connectivity index (χ2v) is 6.53. The number of ether oxygens (including phenoxy) is 1. The molecule has 0 unspecified atom stereocenters. The number of amides is 1. The van der Waals surface area contributed by atoms with Crippen LogP contribution in [0.4, 0.5) is 11.5 Å². The first kappa shape index (κ1) is 18.0. The quantitative estimate of drug-likeness (QED) is 0.884. The van der Waals surface area contributed by atoms with Crippen molar-refractivity contribution in [3.63, 3.8) is 0 Å². The van der Waals surface area contributed by atoms with Gasteiger partial charge in [-0.15, -0.1) is 0 Å². The monoisotopic (exact) mass is 355 g/mol. The van der Waals surface area contributed by atoms with E-state index in [0.29, 0.717) is 5.69 Å². The zero-order chi connectivity index (χ0) is 18.5. The topological polar surface area (TPSA) is 70.6 Å². The molecule has 0 radical (unpaired) electrons. The Kier molecular flexibility index (Phi) is 5.55. The van der Waals surface area contributed by atoms with E-state index in [9.17, 15) is 4.79 Å². The number of hydrogen-bond donors (Lipinski definition) is 1. The molecule has 0 bridgehead atoms. The molecule has 0 saturated carbocycles. The number of nitrogens with one attached hydrogen (secondary N) is 1. The Hall–Kier alpha value is -2.83. The lowest BCUT2D eigenvalue weighted by Gasteiger charge is -2.37. The lowest BCUT2D eigenvalue weighted by Crippen LogP contribution is -2.47. The second kappa shape index (κ2) is 8.03. The molecule has 1 saturated heterocycles. The molecule has 26 heavy (non-hydrogen) atoms. The Morgan fingerprint density at radius 2 is 1.77 bits per heavy atom. The van der Waals surface area contributed by atoms with Crippen molar-refractivity contribution in [1.82, 2.24) is 15.3 Å². The number of carbonyl (C=O) groups is 1. The fourth-order valence-corrected chi connectivity index (χ4v) is 3.01. The van der Waals surface area contributed by atoms with E-state index < -0.39 is 0 Å². The Balaban J connectivity index is 1.62. The molecule has 1 aromatic heterocycles. The maximum absolute atomic E-state index is 12.0. The lowest BCUT2D eigenvalue weighted by atomic mass is 10.2. The summed E-state index contributed by atoms with van der Waals surface area (Å²) in [5.41, 5.74) is 1.46. The third-order valence-electron chi connectivity index (χ3n) is 4.32. The summed E-state index contributed by atoms with van der Waals surface area (Å²) in [6, 6.07) is 8.14. The molecule has 1 aliphatic rings. The molecule has 0 aliphatic carbocycles. The first-order chi connectivity index (χ1) is 12.6. The van der Waals surface area contributed by atoms with Crippen molar-refractivity contribution in [3.8, 4) is 5.75 Å². The third-order valence-corrected chi connectivity index (χ3v) is 4.32. The summed E-state index contributed by atoms with van der Waals surface area (Å²) in [4.78, 5) is 25.1. The average Bonchev–Trinajstić information content (AvgIpc) is 2.67. The van der Waals surface area contributed by atoms with Crippen LogP contribution in [-0.2, 0) is 0 Å². The van der Waals surface area contributed by atoms with Gasteiger partial charge in [-0.05, 0) is 26.0 Å². The van der Waals surface area contributed by atoms with Gasteiger partial charge < -0.3 is 19.9 Å². The number of para-hydroxylation sites is 2. The second-order valence-electron chi connectivity index (χ2n) is 6.53. The van der Waals surface area contributed by atoms with E-state index in [4.69, 9.17) is 4.74 Å². The highest BCUT2D eigenvalue weighted by molar-refractivity contribution is 5.92. The van der Waals surface area contributed by atoms with E-state index in [1.807, 2.05) is 32.0 Å². The minimum atomic E-state index is -0.194. The molecule has 2 heterocycles. The SMILES string of the molecule is COc1ccccc1N1CCN(c2cnc(C(=O)NC(C)C)cn2)CC1. The van der Waals surface area contributed by atoms with Crippen LogP contribution in [0.5, 0.6) is 5.75 Å². The van der Waals surface area contributed by atoms with Crippen LogP contribution < -0.4 is 19.9 Å². The normalized spacial score (nSPS) is 14.5. The zero-order valence-electron chi connectivity index (χ0n) is 15.5. The number of benzene rings is 1. The molecule has 1 amide bonds. The van der Waals surface area contributed by atoms with Crippen molar-refractivity contribution >= 4 is 17.4 Å². The van der Waals surface area contributed by atoms with Gasteiger partial charge in [-0.3, -0.25) is 4.79 Å². The predicted octanol–water partition coefficient (Wildman–Crippen LogP) is 1.95. The highest BCUT2D eigenvalue weighted by Crippen LogP contribution is 2.28. The number of rotatable bonds is 5. The minimum Gasteiger partial charge on any atom is -0.495 e. The van der Waals surface area contributed by atoms with Crippen LogP contribution in [0.15, 0.2) is 36.7 Å². The number of hydrogen-bond acceptors (Lipinski definition) is 6. The van der Waals surface area contributed by atoms with Gasteiger partial charge in [-0.25, -0.2) is 9.97 Å². The van der Waals surface area contributed by atoms with E-state index in [1.54, 1.807) is 19.5 Å². The lowest BCUT2D eigenvalue weighted by molar-refractivity contribution is 0.0937. The van der Waals surface area contributed by atoms with Crippen molar-refractivity contribution < 1.29 is 9.53 Å². The summed E-state index contributed by atoms with van der Waals surface area (Å²) in [7, 11) is 1.70. The van der Waals surface area contributed by atoms with E-state index in [1.165, 1.54) is 0 Å². The van der Waals surface area contributed by atoms with Crippen LogP contribution in [0, 0.1) is 0 Å². The first-order valence-electron chi connectivity index (χ1n) is 8.84. The van der Waals surface area contributed by atoms with Gasteiger partial charge in [0.05, 0.1) is 25.2 Å². The van der Waals surface area contributed by atoms with Gasteiger partial charge in [0, 0.05) is 32.2 Å². The summed E-state index contributed by atoms with van der Waals surface area (Å²) in [6.45, 7) is 7.26. The highest BCUT2D eigenvalue weighted by atomic mass is 16.5. The molecule has 2 aromatic rings.